The Bertz CT molecular complexity index is 1080. The largest absolute Gasteiger partial charge is 0.497 e. The number of anilines is 1. The predicted molar refractivity (Wildman–Crippen MR) is 132 cm³/mol. The van der Waals surface area contributed by atoms with Gasteiger partial charge in [-0.05, 0) is 36.8 Å². The Labute approximate surface area is 200 Å². The molecule has 1 atom stereocenters. The van der Waals surface area contributed by atoms with Gasteiger partial charge < -0.3 is 24.6 Å². The molecule has 1 unspecified atom stereocenters. The molecule has 2 aromatic carbocycles. The zero-order chi connectivity index (χ0) is 23.9. The highest BCUT2D eigenvalue weighted by molar-refractivity contribution is 5.78. The lowest BCUT2D eigenvalue weighted by Crippen LogP contribution is -2.51. The Kier molecular flexibility index (Phi) is 7.59. The Morgan fingerprint density at radius 2 is 1.74 bits per heavy atom. The van der Waals surface area contributed by atoms with Crippen molar-refractivity contribution in [3.8, 4) is 22.8 Å². The van der Waals surface area contributed by atoms with Gasteiger partial charge >= 0.3 is 0 Å². The molecular weight excluding hydrogens is 430 g/mol. The van der Waals surface area contributed by atoms with E-state index in [2.05, 4.69) is 39.5 Å². The number of hydrogen-bond donors (Lipinski definition) is 1. The van der Waals surface area contributed by atoms with Crippen LogP contribution in [0.15, 0.2) is 60.7 Å². The van der Waals surface area contributed by atoms with Gasteiger partial charge in [-0.25, -0.2) is 0 Å². The molecule has 8 heteroatoms. The number of rotatable bonds is 8. The summed E-state index contributed by atoms with van der Waals surface area (Å²) in [5, 5.41) is 12.2. The van der Waals surface area contributed by atoms with Crippen LogP contribution in [-0.4, -0.2) is 67.9 Å². The number of methoxy groups -OCH3 is 2. The van der Waals surface area contributed by atoms with Crippen LogP contribution in [0, 0.1) is 0 Å². The maximum absolute atomic E-state index is 12.7. The Hall–Kier alpha value is -3.65. The van der Waals surface area contributed by atoms with Crippen LogP contribution in [0.1, 0.15) is 18.5 Å². The molecule has 3 aromatic rings. The van der Waals surface area contributed by atoms with Crippen molar-refractivity contribution < 1.29 is 14.3 Å². The number of benzene rings is 2. The molecule has 178 valence electrons. The fourth-order valence-electron chi connectivity index (χ4n) is 4.04. The molecule has 0 spiro atoms. The highest BCUT2D eigenvalue weighted by Gasteiger charge is 2.22. The van der Waals surface area contributed by atoms with Gasteiger partial charge in [0.1, 0.15) is 11.5 Å². The summed E-state index contributed by atoms with van der Waals surface area (Å²) in [4.78, 5) is 16.7. The van der Waals surface area contributed by atoms with E-state index >= 15 is 0 Å². The Balaban J connectivity index is 1.31. The molecule has 34 heavy (non-hydrogen) atoms. The van der Waals surface area contributed by atoms with E-state index in [0.717, 1.165) is 35.9 Å². The quantitative estimate of drug-likeness (QED) is 0.552. The van der Waals surface area contributed by atoms with Gasteiger partial charge in [-0.2, -0.15) is 0 Å². The van der Waals surface area contributed by atoms with Crippen LogP contribution in [0.2, 0.25) is 0 Å². The number of nitrogens with zero attached hydrogens (tertiary/aromatic N) is 4. The number of piperazine rings is 1. The first-order valence-corrected chi connectivity index (χ1v) is 11.5. The van der Waals surface area contributed by atoms with Crippen molar-refractivity contribution in [2.75, 3.05) is 51.8 Å². The first-order valence-electron chi connectivity index (χ1n) is 11.5. The van der Waals surface area contributed by atoms with Gasteiger partial charge in [0.25, 0.3) is 0 Å². The smallest absolute Gasteiger partial charge is 0.236 e. The number of ether oxygens (including phenoxy) is 2. The minimum absolute atomic E-state index is 0.121. The normalized spacial score (nSPS) is 14.6. The lowest BCUT2D eigenvalue weighted by atomic mass is 10.1. The monoisotopic (exact) mass is 461 g/mol. The molecule has 4 rings (SSSR count). The maximum atomic E-state index is 12.7. The van der Waals surface area contributed by atoms with Crippen molar-refractivity contribution in [1.82, 2.24) is 20.4 Å². The summed E-state index contributed by atoms with van der Waals surface area (Å²) >= 11 is 0. The molecular formula is C26H31N5O3. The predicted octanol–water partition coefficient (Wildman–Crippen LogP) is 3.16. The van der Waals surface area contributed by atoms with Gasteiger partial charge in [0.15, 0.2) is 5.82 Å². The third kappa shape index (κ3) is 5.46. The lowest BCUT2D eigenvalue weighted by molar-refractivity contribution is -0.130. The van der Waals surface area contributed by atoms with Gasteiger partial charge in [0.2, 0.25) is 5.91 Å². The van der Waals surface area contributed by atoms with E-state index < -0.39 is 0 Å². The van der Waals surface area contributed by atoms with Crippen LogP contribution >= 0.6 is 0 Å². The SMILES string of the molecule is COc1ccc(-c2ccc(N3CCN(C(=O)CNC(C)c4ccccc4)CC3)nn2)c(OC)c1. The highest BCUT2D eigenvalue weighted by atomic mass is 16.5. The summed E-state index contributed by atoms with van der Waals surface area (Å²) in [5.74, 6) is 2.33. The van der Waals surface area contributed by atoms with E-state index in [1.54, 1.807) is 14.2 Å². The van der Waals surface area contributed by atoms with Crippen molar-refractivity contribution in [2.24, 2.45) is 0 Å². The second-order valence-corrected chi connectivity index (χ2v) is 8.22. The van der Waals surface area contributed by atoms with Gasteiger partial charge in [0.05, 0.1) is 26.5 Å². The van der Waals surface area contributed by atoms with Crippen LogP contribution in [0.5, 0.6) is 11.5 Å². The molecule has 0 bridgehead atoms. The van der Waals surface area contributed by atoms with Crippen LogP contribution in [0.4, 0.5) is 5.82 Å². The first kappa shape index (κ1) is 23.5. The second kappa shape index (κ2) is 11.0. The fraction of sp³-hybridized carbons (Fsp3) is 0.346. The molecule has 0 radical (unpaired) electrons. The van der Waals surface area contributed by atoms with Crippen molar-refractivity contribution >= 4 is 11.7 Å². The maximum Gasteiger partial charge on any atom is 0.236 e. The summed E-state index contributed by atoms with van der Waals surface area (Å²) in [6, 6.07) is 19.8. The summed E-state index contributed by atoms with van der Waals surface area (Å²) in [5.41, 5.74) is 2.76. The molecule has 1 aliphatic heterocycles. The molecule has 1 saturated heterocycles. The summed E-state index contributed by atoms with van der Waals surface area (Å²) in [7, 11) is 3.25. The zero-order valence-corrected chi connectivity index (χ0v) is 19.9. The minimum Gasteiger partial charge on any atom is -0.497 e. The molecule has 1 amide bonds. The summed E-state index contributed by atoms with van der Waals surface area (Å²) < 4.78 is 10.7. The molecule has 2 heterocycles. The third-order valence-corrected chi connectivity index (χ3v) is 6.15. The van der Waals surface area contributed by atoms with E-state index in [1.807, 2.05) is 53.4 Å². The van der Waals surface area contributed by atoms with Crippen LogP contribution in [0.25, 0.3) is 11.3 Å². The number of carbonyl (C=O) groups is 1. The van der Waals surface area contributed by atoms with E-state index in [0.29, 0.717) is 25.4 Å². The Morgan fingerprint density at radius 1 is 0.971 bits per heavy atom. The summed E-state index contributed by atoms with van der Waals surface area (Å²) in [6.07, 6.45) is 0. The van der Waals surface area contributed by atoms with Crippen LogP contribution < -0.4 is 19.7 Å². The number of carbonyl (C=O) groups excluding carboxylic acids is 1. The van der Waals surface area contributed by atoms with Crippen molar-refractivity contribution in [3.63, 3.8) is 0 Å². The zero-order valence-electron chi connectivity index (χ0n) is 19.9. The second-order valence-electron chi connectivity index (χ2n) is 8.22. The van der Waals surface area contributed by atoms with Gasteiger partial charge in [-0.1, -0.05) is 30.3 Å². The standard InChI is InChI=1S/C26H31N5O3/c1-19(20-7-5-4-6-8-20)27-18-26(32)31-15-13-30(14-16-31)25-12-11-23(28-29-25)22-10-9-21(33-2)17-24(22)34-3/h4-12,17,19,27H,13-16,18H2,1-3H3. The van der Waals surface area contributed by atoms with E-state index in [9.17, 15) is 4.79 Å². The average molecular weight is 462 g/mol. The first-order chi connectivity index (χ1) is 16.6. The lowest BCUT2D eigenvalue weighted by Gasteiger charge is -2.35. The summed E-state index contributed by atoms with van der Waals surface area (Å²) in [6.45, 7) is 5.17. The molecule has 8 nitrogen and oxygen atoms in total. The minimum atomic E-state index is 0.121. The molecule has 1 N–H and O–H groups in total. The number of amides is 1. The van der Waals surface area contributed by atoms with Crippen molar-refractivity contribution in [3.05, 3.63) is 66.2 Å². The van der Waals surface area contributed by atoms with Crippen molar-refractivity contribution in [2.45, 2.75) is 13.0 Å². The highest BCUT2D eigenvalue weighted by Crippen LogP contribution is 2.32. The number of hydrogen-bond acceptors (Lipinski definition) is 7. The number of aromatic nitrogens is 2. The van der Waals surface area contributed by atoms with E-state index in [1.165, 1.54) is 5.56 Å². The van der Waals surface area contributed by atoms with Crippen molar-refractivity contribution in [1.29, 1.82) is 0 Å². The molecule has 0 saturated carbocycles. The fourth-order valence-corrected chi connectivity index (χ4v) is 4.04. The molecule has 1 fully saturated rings. The van der Waals surface area contributed by atoms with Gasteiger partial charge in [0, 0.05) is 43.9 Å². The van der Waals surface area contributed by atoms with E-state index in [4.69, 9.17) is 9.47 Å². The average Bonchev–Trinajstić information content (AvgIpc) is 2.91. The Morgan fingerprint density at radius 3 is 2.38 bits per heavy atom. The molecule has 0 aliphatic carbocycles. The molecule has 1 aromatic heterocycles. The van der Waals surface area contributed by atoms with Gasteiger partial charge in [-0.15, -0.1) is 10.2 Å². The third-order valence-electron chi connectivity index (χ3n) is 6.15. The van der Waals surface area contributed by atoms with Crippen LogP contribution in [0.3, 0.4) is 0 Å². The topological polar surface area (TPSA) is 79.8 Å². The van der Waals surface area contributed by atoms with E-state index in [-0.39, 0.29) is 11.9 Å². The van der Waals surface area contributed by atoms with Crippen LogP contribution in [-0.2, 0) is 4.79 Å². The molecule has 1 aliphatic rings. The van der Waals surface area contributed by atoms with Gasteiger partial charge in [-0.3, -0.25) is 4.79 Å². The number of nitrogens with one attached hydrogen (secondary N) is 1.